The molecular weight excluding hydrogens is 216 g/mol. The molecule has 0 saturated carbocycles. The van der Waals surface area contributed by atoms with Gasteiger partial charge < -0.3 is 5.32 Å². The van der Waals surface area contributed by atoms with Crippen LogP contribution in [0, 0.1) is 0 Å². The maximum absolute atomic E-state index is 12.3. The van der Waals surface area contributed by atoms with Crippen molar-refractivity contribution in [3.63, 3.8) is 0 Å². The van der Waals surface area contributed by atoms with Gasteiger partial charge in [0.2, 0.25) is 0 Å². The van der Waals surface area contributed by atoms with E-state index >= 15 is 0 Å². The molecule has 0 aromatic rings. The van der Waals surface area contributed by atoms with Crippen molar-refractivity contribution in [1.82, 2.24) is 15.5 Å². The van der Waals surface area contributed by atoms with E-state index in [2.05, 4.69) is 20.5 Å². The average molecular weight is 236 g/mol. The van der Waals surface area contributed by atoms with E-state index in [0.29, 0.717) is 18.5 Å². The number of nitrogens with zero attached hydrogens (tertiary/aromatic N) is 2. The molecule has 3 fully saturated rings. The number of aliphatic imine (C=N–C) groups is 1. The molecule has 3 heterocycles. The van der Waals surface area contributed by atoms with Gasteiger partial charge in [0.05, 0.1) is 0 Å². The molecule has 3 rings (SSSR count). The molecule has 0 bridgehead atoms. The first-order valence-electron chi connectivity index (χ1n) is 6.64. The highest BCUT2D eigenvalue weighted by Gasteiger charge is 2.56. The number of guanidine groups is 1. The smallest absolute Gasteiger partial charge is 0.254 e. The first kappa shape index (κ1) is 11.0. The maximum atomic E-state index is 12.3. The van der Waals surface area contributed by atoms with Gasteiger partial charge in [0.25, 0.3) is 5.91 Å². The molecule has 1 amide bonds. The topological polar surface area (TPSA) is 56.7 Å². The summed E-state index contributed by atoms with van der Waals surface area (Å²) >= 11 is 0. The second kappa shape index (κ2) is 3.98. The van der Waals surface area contributed by atoms with Crippen LogP contribution < -0.4 is 10.6 Å². The van der Waals surface area contributed by atoms with Gasteiger partial charge in [0.15, 0.2) is 5.96 Å². The second-order valence-corrected chi connectivity index (χ2v) is 5.17. The minimum atomic E-state index is -0.394. The van der Waals surface area contributed by atoms with E-state index in [1.165, 1.54) is 12.8 Å². The minimum absolute atomic E-state index is 0.124. The SMILES string of the molecule is CCN=C1NC(=O)C2(CCN3CCCCC32)N1. The molecule has 94 valence electrons. The van der Waals surface area contributed by atoms with Crippen LogP contribution in [0.4, 0.5) is 0 Å². The summed E-state index contributed by atoms with van der Waals surface area (Å²) in [5, 5.41) is 6.26. The number of fused-ring (bicyclic) bond motifs is 2. The zero-order valence-electron chi connectivity index (χ0n) is 10.3. The van der Waals surface area contributed by atoms with Crippen LogP contribution in [0.15, 0.2) is 4.99 Å². The lowest BCUT2D eigenvalue weighted by Crippen LogP contribution is -2.57. The Hall–Kier alpha value is -1.10. The van der Waals surface area contributed by atoms with Crippen LogP contribution in [0.2, 0.25) is 0 Å². The lowest BCUT2D eigenvalue weighted by atomic mass is 9.85. The Morgan fingerprint density at radius 1 is 1.47 bits per heavy atom. The van der Waals surface area contributed by atoms with E-state index < -0.39 is 5.54 Å². The van der Waals surface area contributed by atoms with Crippen LogP contribution in [-0.4, -0.2) is 48.0 Å². The van der Waals surface area contributed by atoms with Gasteiger partial charge in [-0.15, -0.1) is 0 Å². The first-order chi connectivity index (χ1) is 8.26. The third kappa shape index (κ3) is 1.56. The lowest BCUT2D eigenvalue weighted by molar-refractivity contribution is -0.125. The lowest BCUT2D eigenvalue weighted by Gasteiger charge is -2.36. The standard InChI is InChI=1S/C12H20N4O/c1-2-13-11-14-10(17)12(15-11)6-8-16-7-4-3-5-9(12)16/h9H,2-8H2,1H3,(H2,13,14,15,17). The first-order valence-corrected chi connectivity index (χ1v) is 6.64. The molecule has 2 atom stereocenters. The van der Waals surface area contributed by atoms with Gasteiger partial charge in [0.1, 0.15) is 5.54 Å². The fraction of sp³-hybridized carbons (Fsp3) is 0.833. The molecule has 3 aliphatic rings. The Labute approximate surface area is 102 Å². The number of carbonyl (C=O) groups is 1. The number of nitrogens with one attached hydrogen (secondary N) is 2. The summed E-state index contributed by atoms with van der Waals surface area (Å²) in [5.41, 5.74) is -0.394. The van der Waals surface area contributed by atoms with E-state index in [1.807, 2.05) is 6.92 Å². The molecule has 0 aromatic carbocycles. The van der Waals surface area contributed by atoms with Crippen molar-refractivity contribution in [3.05, 3.63) is 0 Å². The summed E-state index contributed by atoms with van der Waals surface area (Å²) in [6, 6.07) is 0.362. The normalized spacial score (nSPS) is 39.5. The van der Waals surface area contributed by atoms with E-state index in [-0.39, 0.29) is 5.91 Å². The van der Waals surface area contributed by atoms with Gasteiger partial charge in [-0.05, 0) is 32.7 Å². The third-order valence-corrected chi connectivity index (χ3v) is 4.27. The van der Waals surface area contributed by atoms with Gasteiger partial charge in [-0.2, -0.15) is 0 Å². The summed E-state index contributed by atoms with van der Waals surface area (Å²) in [5.74, 6) is 0.795. The molecule has 17 heavy (non-hydrogen) atoms. The second-order valence-electron chi connectivity index (χ2n) is 5.17. The number of hydrogen-bond acceptors (Lipinski definition) is 3. The molecule has 0 aromatic heterocycles. The van der Waals surface area contributed by atoms with Crippen LogP contribution in [0.5, 0.6) is 0 Å². The average Bonchev–Trinajstić information content (AvgIpc) is 2.85. The minimum Gasteiger partial charge on any atom is -0.340 e. The summed E-state index contributed by atoms with van der Waals surface area (Å²) in [4.78, 5) is 19.0. The molecule has 0 radical (unpaired) electrons. The molecule has 2 N–H and O–H groups in total. The van der Waals surface area contributed by atoms with Crippen LogP contribution in [0.1, 0.15) is 32.6 Å². The molecule has 3 aliphatic heterocycles. The van der Waals surface area contributed by atoms with Crippen molar-refractivity contribution in [3.8, 4) is 0 Å². The van der Waals surface area contributed by atoms with Gasteiger partial charge in [-0.25, -0.2) is 0 Å². The van der Waals surface area contributed by atoms with Gasteiger partial charge >= 0.3 is 0 Å². The number of carbonyl (C=O) groups excluding carboxylic acids is 1. The van der Waals surface area contributed by atoms with E-state index in [9.17, 15) is 4.79 Å². The zero-order valence-corrected chi connectivity index (χ0v) is 10.3. The summed E-state index contributed by atoms with van der Waals surface area (Å²) in [6.45, 7) is 4.85. The number of hydrogen-bond donors (Lipinski definition) is 2. The summed E-state index contributed by atoms with van der Waals surface area (Å²) in [7, 11) is 0. The van der Waals surface area contributed by atoms with Crippen LogP contribution in [-0.2, 0) is 4.79 Å². The van der Waals surface area contributed by atoms with Crippen molar-refractivity contribution < 1.29 is 4.79 Å². The van der Waals surface area contributed by atoms with Gasteiger partial charge in [-0.1, -0.05) is 6.42 Å². The Balaban J connectivity index is 1.86. The van der Waals surface area contributed by atoms with E-state index in [0.717, 1.165) is 25.9 Å². The van der Waals surface area contributed by atoms with E-state index in [4.69, 9.17) is 0 Å². The Morgan fingerprint density at radius 2 is 2.35 bits per heavy atom. The fourth-order valence-electron chi connectivity index (χ4n) is 3.47. The highest BCUT2D eigenvalue weighted by molar-refractivity contribution is 6.09. The van der Waals surface area contributed by atoms with Crippen molar-refractivity contribution in [2.75, 3.05) is 19.6 Å². The Bertz CT molecular complexity index is 368. The summed E-state index contributed by atoms with van der Waals surface area (Å²) in [6.07, 6.45) is 4.54. The molecule has 1 spiro atoms. The van der Waals surface area contributed by atoms with Crippen LogP contribution >= 0.6 is 0 Å². The van der Waals surface area contributed by atoms with Crippen molar-refractivity contribution in [2.24, 2.45) is 4.99 Å². The fourth-order valence-corrected chi connectivity index (χ4v) is 3.47. The Kier molecular flexibility index (Phi) is 2.58. The van der Waals surface area contributed by atoms with Gasteiger partial charge in [0, 0.05) is 19.1 Å². The zero-order chi connectivity index (χ0) is 11.9. The molecule has 5 nitrogen and oxygen atoms in total. The Morgan fingerprint density at radius 3 is 3.18 bits per heavy atom. The highest BCUT2D eigenvalue weighted by atomic mass is 16.2. The highest BCUT2D eigenvalue weighted by Crippen LogP contribution is 2.36. The number of amides is 1. The molecule has 5 heteroatoms. The molecular formula is C12H20N4O. The van der Waals surface area contributed by atoms with Crippen LogP contribution in [0.25, 0.3) is 0 Å². The number of rotatable bonds is 1. The van der Waals surface area contributed by atoms with Crippen LogP contribution in [0.3, 0.4) is 0 Å². The van der Waals surface area contributed by atoms with Crippen molar-refractivity contribution >= 4 is 11.9 Å². The predicted molar refractivity (Wildman–Crippen MR) is 65.8 cm³/mol. The molecule has 3 saturated heterocycles. The quantitative estimate of drug-likeness (QED) is 0.678. The monoisotopic (exact) mass is 236 g/mol. The van der Waals surface area contributed by atoms with Crippen molar-refractivity contribution in [2.45, 2.75) is 44.2 Å². The number of piperidine rings is 1. The largest absolute Gasteiger partial charge is 0.340 e. The molecule has 2 unspecified atom stereocenters. The predicted octanol–water partition coefficient (Wildman–Crippen LogP) is 0.0787. The molecule has 0 aliphatic carbocycles. The maximum Gasteiger partial charge on any atom is 0.254 e. The summed E-state index contributed by atoms with van der Waals surface area (Å²) < 4.78 is 0. The van der Waals surface area contributed by atoms with E-state index in [1.54, 1.807) is 0 Å². The third-order valence-electron chi connectivity index (χ3n) is 4.27. The van der Waals surface area contributed by atoms with Gasteiger partial charge in [-0.3, -0.25) is 20.0 Å². The van der Waals surface area contributed by atoms with Crippen molar-refractivity contribution in [1.29, 1.82) is 0 Å².